The SMILES string of the molecule is CCCc1nc(-c2ccc([N+](=O)[O-])c(C)c2)oc1C(=O)O. The van der Waals surface area contributed by atoms with Crippen molar-refractivity contribution in [1.82, 2.24) is 4.98 Å². The maximum Gasteiger partial charge on any atom is 0.373 e. The maximum absolute atomic E-state index is 11.1. The van der Waals surface area contributed by atoms with Crippen molar-refractivity contribution in [2.24, 2.45) is 0 Å². The first kappa shape index (κ1) is 14.7. The van der Waals surface area contributed by atoms with E-state index < -0.39 is 10.9 Å². The number of aromatic nitrogens is 1. The van der Waals surface area contributed by atoms with Crippen molar-refractivity contribution in [2.75, 3.05) is 0 Å². The summed E-state index contributed by atoms with van der Waals surface area (Å²) >= 11 is 0. The number of aromatic carboxylic acids is 1. The van der Waals surface area contributed by atoms with Crippen LogP contribution in [0.25, 0.3) is 11.5 Å². The third kappa shape index (κ3) is 2.91. The van der Waals surface area contributed by atoms with Crippen molar-refractivity contribution in [3.8, 4) is 11.5 Å². The van der Waals surface area contributed by atoms with Crippen LogP contribution in [-0.4, -0.2) is 21.0 Å². The quantitative estimate of drug-likeness (QED) is 0.669. The molecule has 0 spiro atoms. The predicted octanol–water partition coefficient (Wildman–Crippen LogP) is 3.21. The molecule has 0 aliphatic carbocycles. The van der Waals surface area contributed by atoms with E-state index in [1.165, 1.54) is 12.1 Å². The van der Waals surface area contributed by atoms with Crippen LogP contribution in [0.2, 0.25) is 0 Å². The molecule has 1 heterocycles. The summed E-state index contributed by atoms with van der Waals surface area (Å²) in [5.74, 6) is -1.19. The molecule has 2 rings (SSSR count). The van der Waals surface area contributed by atoms with E-state index in [0.29, 0.717) is 23.2 Å². The lowest BCUT2D eigenvalue weighted by Crippen LogP contribution is -1.99. The number of rotatable bonds is 5. The van der Waals surface area contributed by atoms with Gasteiger partial charge in [-0.1, -0.05) is 13.3 Å². The fourth-order valence-corrected chi connectivity index (χ4v) is 2.04. The Morgan fingerprint density at radius 1 is 1.48 bits per heavy atom. The Morgan fingerprint density at radius 2 is 2.19 bits per heavy atom. The summed E-state index contributed by atoms with van der Waals surface area (Å²) in [6.45, 7) is 3.52. The van der Waals surface area contributed by atoms with Gasteiger partial charge in [-0.25, -0.2) is 9.78 Å². The van der Waals surface area contributed by atoms with Gasteiger partial charge in [-0.2, -0.15) is 0 Å². The van der Waals surface area contributed by atoms with Crippen LogP contribution in [0, 0.1) is 17.0 Å². The molecule has 0 atom stereocenters. The Morgan fingerprint density at radius 3 is 2.71 bits per heavy atom. The molecule has 0 aliphatic rings. The number of nitro benzene ring substituents is 1. The van der Waals surface area contributed by atoms with E-state index in [0.717, 1.165) is 6.42 Å². The summed E-state index contributed by atoms with van der Waals surface area (Å²) in [7, 11) is 0. The molecule has 1 N–H and O–H groups in total. The minimum Gasteiger partial charge on any atom is -0.475 e. The zero-order valence-corrected chi connectivity index (χ0v) is 11.6. The van der Waals surface area contributed by atoms with Gasteiger partial charge in [0.2, 0.25) is 11.7 Å². The van der Waals surface area contributed by atoms with Gasteiger partial charge in [-0.05, 0) is 25.5 Å². The lowest BCUT2D eigenvalue weighted by atomic mass is 10.1. The normalized spacial score (nSPS) is 10.6. The fraction of sp³-hybridized carbons (Fsp3) is 0.286. The summed E-state index contributed by atoms with van der Waals surface area (Å²) in [6, 6.07) is 4.42. The minimum absolute atomic E-state index is 0.00227. The molecule has 0 fully saturated rings. The molecule has 21 heavy (non-hydrogen) atoms. The van der Waals surface area contributed by atoms with Gasteiger partial charge in [0.15, 0.2) is 0 Å². The van der Waals surface area contributed by atoms with E-state index in [-0.39, 0.29) is 17.3 Å². The molecular weight excluding hydrogens is 276 g/mol. The first-order valence-electron chi connectivity index (χ1n) is 6.42. The third-order valence-electron chi connectivity index (χ3n) is 3.02. The standard InChI is InChI=1S/C14H14N2O5/c1-3-4-10-12(14(17)18)21-13(15-10)9-5-6-11(16(19)20)8(2)7-9/h5-7H,3-4H2,1-2H3,(H,17,18). The molecule has 0 saturated carbocycles. The molecule has 110 valence electrons. The second-order valence-electron chi connectivity index (χ2n) is 4.61. The van der Waals surface area contributed by atoms with Crippen molar-refractivity contribution in [3.63, 3.8) is 0 Å². The maximum atomic E-state index is 11.1. The molecule has 7 heteroatoms. The Balaban J connectivity index is 2.47. The second kappa shape index (κ2) is 5.74. The van der Waals surface area contributed by atoms with E-state index in [1.54, 1.807) is 13.0 Å². The molecule has 7 nitrogen and oxygen atoms in total. The highest BCUT2D eigenvalue weighted by molar-refractivity contribution is 5.86. The highest BCUT2D eigenvalue weighted by Gasteiger charge is 2.20. The monoisotopic (exact) mass is 290 g/mol. The van der Waals surface area contributed by atoms with E-state index >= 15 is 0 Å². The molecule has 1 aromatic heterocycles. The predicted molar refractivity (Wildman–Crippen MR) is 74.3 cm³/mol. The Bertz CT molecular complexity index is 705. The summed E-state index contributed by atoms with van der Waals surface area (Å²) in [5, 5.41) is 19.9. The van der Waals surface area contributed by atoms with Crippen LogP contribution in [0.5, 0.6) is 0 Å². The van der Waals surface area contributed by atoms with Gasteiger partial charge >= 0.3 is 5.97 Å². The van der Waals surface area contributed by atoms with Crippen molar-refractivity contribution >= 4 is 11.7 Å². The van der Waals surface area contributed by atoms with Gasteiger partial charge in [0.25, 0.3) is 5.69 Å². The smallest absolute Gasteiger partial charge is 0.373 e. The van der Waals surface area contributed by atoms with Crippen molar-refractivity contribution in [2.45, 2.75) is 26.7 Å². The van der Waals surface area contributed by atoms with Crippen LogP contribution < -0.4 is 0 Å². The molecule has 0 saturated heterocycles. The van der Waals surface area contributed by atoms with Crippen LogP contribution in [0.15, 0.2) is 22.6 Å². The number of nitrogens with zero attached hydrogens (tertiary/aromatic N) is 2. The number of benzene rings is 1. The molecule has 0 amide bonds. The Labute approximate surface area is 120 Å². The van der Waals surface area contributed by atoms with Crippen LogP contribution in [-0.2, 0) is 6.42 Å². The van der Waals surface area contributed by atoms with E-state index in [9.17, 15) is 14.9 Å². The number of hydrogen-bond acceptors (Lipinski definition) is 5. The largest absolute Gasteiger partial charge is 0.475 e. The minimum atomic E-state index is -1.17. The summed E-state index contributed by atoms with van der Waals surface area (Å²) in [5.41, 5.74) is 1.36. The Hall–Kier alpha value is -2.70. The van der Waals surface area contributed by atoms with Crippen LogP contribution in [0.4, 0.5) is 5.69 Å². The van der Waals surface area contributed by atoms with Crippen molar-refractivity contribution in [3.05, 3.63) is 45.3 Å². The van der Waals surface area contributed by atoms with Crippen molar-refractivity contribution < 1.29 is 19.2 Å². The molecule has 0 radical (unpaired) electrons. The summed E-state index contributed by atoms with van der Waals surface area (Å²) < 4.78 is 5.29. The van der Waals surface area contributed by atoms with Gasteiger partial charge in [0.1, 0.15) is 0 Å². The van der Waals surface area contributed by atoms with Crippen LogP contribution in [0.3, 0.4) is 0 Å². The van der Waals surface area contributed by atoms with Crippen molar-refractivity contribution in [1.29, 1.82) is 0 Å². The van der Waals surface area contributed by atoms with Gasteiger partial charge in [-0.3, -0.25) is 10.1 Å². The number of nitro groups is 1. The number of hydrogen-bond donors (Lipinski definition) is 1. The highest BCUT2D eigenvalue weighted by atomic mass is 16.6. The van der Waals surface area contributed by atoms with E-state index in [2.05, 4.69) is 4.98 Å². The number of oxazole rings is 1. The number of carbonyl (C=O) groups is 1. The molecular formula is C14H14N2O5. The average molecular weight is 290 g/mol. The van der Waals surface area contributed by atoms with Crippen LogP contribution >= 0.6 is 0 Å². The third-order valence-corrected chi connectivity index (χ3v) is 3.02. The molecule has 0 aliphatic heterocycles. The molecule has 2 aromatic rings. The lowest BCUT2D eigenvalue weighted by molar-refractivity contribution is -0.385. The van der Waals surface area contributed by atoms with E-state index in [1.807, 2.05) is 6.92 Å². The summed E-state index contributed by atoms with van der Waals surface area (Å²) in [4.78, 5) is 25.6. The molecule has 0 bridgehead atoms. The first-order valence-corrected chi connectivity index (χ1v) is 6.42. The lowest BCUT2D eigenvalue weighted by Gasteiger charge is -1.99. The number of carboxylic acids is 1. The first-order chi connectivity index (χ1) is 9.93. The van der Waals surface area contributed by atoms with Gasteiger partial charge < -0.3 is 9.52 Å². The van der Waals surface area contributed by atoms with Crippen LogP contribution in [0.1, 0.15) is 35.2 Å². The van der Waals surface area contributed by atoms with Gasteiger partial charge in [-0.15, -0.1) is 0 Å². The number of aryl methyl sites for hydroxylation is 2. The average Bonchev–Trinajstić information content (AvgIpc) is 2.83. The summed E-state index contributed by atoms with van der Waals surface area (Å²) in [6.07, 6.45) is 1.24. The number of carboxylic acid groups (broad SMARTS) is 1. The van der Waals surface area contributed by atoms with Gasteiger partial charge in [0, 0.05) is 17.2 Å². The fourth-order valence-electron chi connectivity index (χ4n) is 2.04. The molecule has 0 unspecified atom stereocenters. The Kier molecular flexibility index (Phi) is 4.02. The van der Waals surface area contributed by atoms with E-state index in [4.69, 9.17) is 9.52 Å². The topological polar surface area (TPSA) is 106 Å². The zero-order chi connectivity index (χ0) is 15.6. The highest BCUT2D eigenvalue weighted by Crippen LogP contribution is 2.27. The zero-order valence-electron chi connectivity index (χ0n) is 11.6. The second-order valence-corrected chi connectivity index (χ2v) is 4.61. The molecule has 1 aromatic carbocycles. The van der Waals surface area contributed by atoms with Gasteiger partial charge in [0.05, 0.1) is 10.6 Å².